The molecule has 4 aromatic rings. The van der Waals surface area contributed by atoms with Crippen LogP contribution in [0.1, 0.15) is 52.6 Å². The van der Waals surface area contributed by atoms with Gasteiger partial charge in [0.05, 0.1) is 24.9 Å². The van der Waals surface area contributed by atoms with Crippen LogP contribution in [0.25, 0.3) is 16.7 Å². The summed E-state index contributed by atoms with van der Waals surface area (Å²) in [7, 11) is 0. The first-order valence-electron chi connectivity index (χ1n) is 11.9. The number of carbonyl (C=O) groups excluding carboxylic acids is 2. The molecule has 0 aliphatic rings. The minimum absolute atomic E-state index is 0.141. The highest BCUT2D eigenvalue weighted by Crippen LogP contribution is 2.26. The van der Waals surface area contributed by atoms with E-state index >= 15 is 0 Å². The summed E-state index contributed by atoms with van der Waals surface area (Å²) in [5.41, 5.74) is 3.37. The molecule has 0 bridgehead atoms. The number of pyridine rings is 1. The third-order valence-electron chi connectivity index (χ3n) is 5.63. The first kappa shape index (κ1) is 24.9. The van der Waals surface area contributed by atoms with Crippen molar-refractivity contribution in [2.24, 2.45) is 5.92 Å². The smallest absolute Gasteiger partial charge is 0.343 e. The van der Waals surface area contributed by atoms with Crippen molar-refractivity contribution in [1.29, 1.82) is 0 Å². The molecule has 8 nitrogen and oxygen atoms in total. The average Bonchev–Trinajstić information content (AvgIpc) is 3.27. The molecular weight excluding hydrogens is 456 g/mol. The first-order chi connectivity index (χ1) is 17.3. The topological polar surface area (TPSA) is 95.3 Å². The Labute approximate surface area is 210 Å². The molecule has 0 fully saturated rings. The number of aryl methyl sites for hydroxylation is 2. The Morgan fingerprint density at radius 1 is 1.06 bits per heavy atom. The number of fused-ring (bicyclic) bond motifs is 1. The number of nitrogens with zero attached hydrogens (tertiary/aromatic N) is 3. The molecule has 0 atom stereocenters. The van der Waals surface area contributed by atoms with Gasteiger partial charge in [-0.05, 0) is 62.1 Å². The van der Waals surface area contributed by atoms with Crippen LogP contribution in [0, 0.1) is 19.8 Å². The average molecular weight is 487 g/mol. The maximum atomic E-state index is 13.3. The highest BCUT2D eigenvalue weighted by molar-refractivity contribution is 6.07. The number of carbonyl (C=O) groups is 2. The standard InChI is InChI=1S/C28H30N4O4/c1-6-35-28(34)23-15-29-32(24-13-19(5)22-12-7-9-18(4)25(22)30-24)26(23)31-27(33)20-10-8-11-21(14-20)36-16-17(2)3/h7-15,17H,6,16H2,1-5H3,(H,31,33). The van der Waals surface area contributed by atoms with Gasteiger partial charge in [0.25, 0.3) is 5.91 Å². The van der Waals surface area contributed by atoms with Gasteiger partial charge < -0.3 is 14.8 Å². The summed E-state index contributed by atoms with van der Waals surface area (Å²) < 4.78 is 12.4. The molecule has 2 heterocycles. The Bertz CT molecular complexity index is 1420. The lowest BCUT2D eigenvalue weighted by molar-refractivity contribution is 0.0527. The normalized spacial score (nSPS) is 11.1. The summed E-state index contributed by atoms with van der Waals surface area (Å²) in [6.07, 6.45) is 1.38. The van der Waals surface area contributed by atoms with Crippen LogP contribution in [0.2, 0.25) is 0 Å². The molecule has 1 N–H and O–H groups in total. The van der Waals surface area contributed by atoms with E-state index in [0.717, 1.165) is 22.0 Å². The van der Waals surface area contributed by atoms with Gasteiger partial charge in [-0.25, -0.2) is 9.78 Å². The van der Waals surface area contributed by atoms with Crippen molar-refractivity contribution >= 4 is 28.6 Å². The second kappa shape index (κ2) is 10.6. The molecule has 0 unspecified atom stereocenters. The zero-order chi connectivity index (χ0) is 25.8. The van der Waals surface area contributed by atoms with Crippen LogP contribution < -0.4 is 10.1 Å². The fraction of sp³-hybridized carbons (Fsp3) is 0.286. The third-order valence-corrected chi connectivity index (χ3v) is 5.63. The van der Waals surface area contributed by atoms with E-state index < -0.39 is 11.9 Å². The molecule has 0 spiro atoms. The van der Waals surface area contributed by atoms with Crippen LogP contribution in [0.3, 0.4) is 0 Å². The number of hydrogen-bond acceptors (Lipinski definition) is 6. The number of nitrogens with one attached hydrogen (secondary N) is 1. The Balaban J connectivity index is 1.75. The van der Waals surface area contributed by atoms with E-state index in [2.05, 4.69) is 24.3 Å². The van der Waals surface area contributed by atoms with Gasteiger partial charge in [0.15, 0.2) is 11.6 Å². The van der Waals surface area contributed by atoms with Crippen LogP contribution in [-0.2, 0) is 4.74 Å². The van der Waals surface area contributed by atoms with Gasteiger partial charge in [-0.3, -0.25) is 4.79 Å². The highest BCUT2D eigenvalue weighted by Gasteiger charge is 2.23. The predicted octanol–water partition coefficient (Wildman–Crippen LogP) is 5.50. The maximum Gasteiger partial charge on any atom is 0.343 e. The van der Waals surface area contributed by atoms with Crippen molar-refractivity contribution in [3.8, 4) is 11.6 Å². The summed E-state index contributed by atoms with van der Waals surface area (Å²) in [6, 6.07) is 14.8. The Hall–Kier alpha value is -4.20. The number of amides is 1. The fourth-order valence-electron chi connectivity index (χ4n) is 3.82. The van der Waals surface area contributed by atoms with Gasteiger partial charge in [-0.2, -0.15) is 9.78 Å². The number of esters is 1. The molecule has 0 radical (unpaired) electrons. The molecule has 2 aromatic heterocycles. The maximum absolute atomic E-state index is 13.3. The van der Waals surface area contributed by atoms with Gasteiger partial charge in [0, 0.05) is 10.9 Å². The number of ether oxygens (including phenoxy) is 2. The predicted molar refractivity (Wildman–Crippen MR) is 139 cm³/mol. The molecule has 0 aliphatic heterocycles. The lowest BCUT2D eigenvalue weighted by atomic mass is 10.1. The van der Waals surface area contributed by atoms with Crippen LogP contribution in [0.5, 0.6) is 5.75 Å². The third kappa shape index (κ3) is 5.22. The number of benzene rings is 2. The molecule has 8 heteroatoms. The highest BCUT2D eigenvalue weighted by atomic mass is 16.5. The Morgan fingerprint density at radius 2 is 1.83 bits per heavy atom. The van der Waals surface area contributed by atoms with Crippen molar-refractivity contribution in [3.63, 3.8) is 0 Å². The minimum Gasteiger partial charge on any atom is -0.493 e. The SMILES string of the molecule is CCOC(=O)c1cnn(-c2cc(C)c3cccc(C)c3n2)c1NC(=O)c1cccc(OCC(C)C)c1. The van der Waals surface area contributed by atoms with E-state index in [0.29, 0.717) is 29.7 Å². The van der Waals surface area contributed by atoms with Crippen molar-refractivity contribution in [1.82, 2.24) is 14.8 Å². The molecule has 0 saturated heterocycles. The number of para-hydroxylation sites is 1. The van der Waals surface area contributed by atoms with Gasteiger partial charge in [-0.1, -0.05) is 38.1 Å². The van der Waals surface area contributed by atoms with Gasteiger partial charge in [-0.15, -0.1) is 0 Å². The van der Waals surface area contributed by atoms with E-state index in [4.69, 9.17) is 14.5 Å². The van der Waals surface area contributed by atoms with Gasteiger partial charge >= 0.3 is 5.97 Å². The van der Waals surface area contributed by atoms with Crippen LogP contribution >= 0.6 is 0 Å². The van der Waals surface area contributed by atoms with Crippen molar-refractivity contribution in [3.05, 3.63) is 77.0 Å². The van der Waals surface area contributed by atoms with Crippen molar-refractivity contribution < 1.29 is 19.1 Å². The molecule has 2 aromatic carbocycles. The Morgan fingerprint density at radius 3 is 2.58 bits per heavy atom. The number of aromatic nitrogens is 3. The van der Waals surface area contributed by atoms with Crippen molar-refractivity contribution in [2.45, 2.75) is 34.6 Å². The Kier molecular flexibility index (Phi) is 7.33. The van der Waals surface area contributed by atoms with E-state index in [1.807, 2.05) is 38.1 Å². The van der Waals surface area contributed by atoms with Crippen LogP contribution in [-0.4, -0.2) is 39.9 Å². The van der Waals surface area contributed by atoms with E-state index in [-0.39, 0.29) is 18.0 Å². The lowest BCUT2D eigenvalue weighted by Crippen LogP contribution is -2.18. The molecule has 0 saturated carbocycles. The molecular formula is C28H30N4O4. The van der Waals surface area contributed by atoms with Gasteiger partial charge in [0.2, 0.25) is 0 Å². The largest absolute Gasteiger partial charge is 0.493 e. The van der Waals surface area contributed by atoms with Gasteiger partial charge in [0.1, 0.15) is 11.3 Å². The second-order valence-corrected chi connectivity index (χ2v) is 8.99. The fourth-order valence-corrected chi connectivity index (χ4v) is 3.82. The zero-order valence-corrected chi connectivity index (χ0v) is 21.2. The van der Waals surface area contributed by atoms with Crippen LogP contribution in [0.15, 0.2) is 54.7 Å². The first-order valence-corrected chi connectivity index (χ1v) is 11.9. The van der Waals surface area contributed by atoms with E-state index in [1.54, 1.807) is 31.2 Å². The van der Waals surface area contributed by atoms with Crippen LogP contribution in [0.4, 0.5) is 5.82 Å². The molecule has 186 valence electrons. The number of anilines is 1. The minimum atomic E-state index is -0.582. The molecule has 36 heavy (non-hydrogen) atoms. The second-order valence-electron chi connectivity index (χ2n) is 8.99. The summed E-state index contributed by atoms with van der Waals surface area (Å²) in [5.74, 6) is 0.622. The quantitative estimate of drug-likeness (QED) is 0.330. The molecule has 4 rings (SSSR count). The summed E-state index contributed by atoms with van der Waals surface area (Å²) in [5, 5.41) is 8.28. The summed E-state index contributed by atoms with van der Waals surface area (Å²) in [6.45, 7) is 10.5. The molecule has 1 amide bonds. The number of rotatable bonds is 8. The van der Waals surface area contributed by atoms with Crippen molar-refractivity contribution in [2.75, 3.05) is 18.5 Å². The summed E-state index contributed by atoms with van der Waals surface area (Å²) >= 11 is 0. The monoisotopic (exact) mass is 486 g/mol. The van der Waals surface area contributed by atoms with E-state index in [1.165, 1.54) is 10.9 Å². The zero-order valence-electron chi connectivity index (χ0n) is 21.2. The summed E-state index contributed by atoms with van der Waals surface area (Å²) in [4.78, 5) is 30.8. The van der Waals surface area contributed by atoms with E-state index in [9.17, 15) is 9.59 Å². The number of hydrogen-bond donors (Lipinski definition) is 1. The lowest BCUT2D eigenvalue weighted by Gasteiger charge is -2.13. The molecule has 0 aliphatic carbocycles.